The normalized spacial score (nSPS) is 15.8. The van der Waals surface area contributed by atoms with Gasteiger partial charge in [0.2, 0.25) is 0 Å². The van der Waals surface area contributed by atoms with Gasteiger partial charge >= 0.3 is 0 Å². The molecule has 26 heavy (non-hydrogen) atoms. The average Bonchev–Trinajstić information content (AvgIpc) is 2.66. The Hall–Kier alpha value is -2.14. The van der Waals surface area contributed by atoms with Crippen molar-refractivity contribution in [2.45, 2.75) is 38.6 Å². The largest absolute Gasteiger partial charge is 0.483 e. The zero-order valence-corrected chi connectivity index (χ0v) is 16.3. The first-order valence-corrected chi connectivity index (χ1v) is 9.70. The molecule has 0 radical (unpaired) electrons. The van der Waals surface area contributed by atoms with Crippen LogP contribution in [0.3, 0.4) is 0 Å². The molecule has 136 valence electrons. The van der Waals surface area contributed by atoms with Gasteiger partial charge in [-0.05, 0) is 48.6 Å². The van der Waals surface area contributed by atoms with Crippen LogP contribution in [0.25, 0.3) is 0 Å². The highest BCUT2D eigenvalue weighted by Gasteiger charge is 2.21. The Bertz CT molecular complexity index is 819. The third kappa shape index (κ3) is 4.33. The molecule has 0 saturated heterocycles. The van der Waals surface area contributed by atoms with Gasteiger partial charge in [-0.25, -0.2) is 0 Å². The molecule has 4 nitrogen and oxygen atoms in total. The number of hydrogen-bond acceptors (Lipinski definition) is 3. The molecule has 0 spiro atoms. The number of fused-ring (bicyclic) bond motifs is 1. The molecule has 1 atom stereocenters. The van der Waals surface area contributed by atoms with Crippen molar-refractivity contribution >= 4 is 27.6 Å². The van der Waals surface area contributed by atoms with Gasteiger partial charge in [0, 0.05) is 10.9 Å². The molecule has 0 aromatic heterocycles. The van der Waals surface area contributed by atoms with Gasteiger partial charge in [-0.2, -0.15) is 0 Å². The summed E-state index contributed by atoms with van der Waals surface area (Å²) in [5, 5.41) is 3.06. The van der Waals surface area contributed by atoms with Crippen molar-refractivity contribution in [2.75, 3.05) is 6.61 Å². The Balaban J connectivity index is 1.65. The fourth-order valence-corrected chi connectivity index (χ4v) is 3.68. The minimum atomic E-state index is -0.176. The minimum absolute atomic E-state index is 0.0112. The summed E-state index contributed by atoms with van der Waals surface area (Å²) in [6.45, 7) is 1.70. The van der Waals surface area contributed by atoms with Crippen LogP contribution in [0, 0.1) is 0 Å². The van der Waals surface area contributed by atoms with E-state index >= 15 is 0 Å². The monoisotopic (exact) mass is 415 g/mol. The maximum atomic E-state index is 12.4. The maximum absolute atomic E-state index is 12.4. The van der Waals surface area contributed by atoms with Gasteiger partial charge in [-0.15, -0.1) is 0 Å². The molecule has 0 bridgehead atoms. The second kappa shape index (κ2) is 8.49. The average molecular weight is 416 g/mol. The molecule has 1 unspecified atom stereocenters. The third-order valence-electron chi connectivity index (χ3n) is 4.63. The topological polar surface area (TPSA) is 55.4 Å². The number of benzene rings is 2. The van der Waals surface area contributed by atoms with Crippen molar-refractivity contribution < 1.29 is 14.3 Å². The van der Waals surface area contributed by atoms with E-state index in [1.165, 1.54) is 11.1 Å². The lowest BCUT2D eigenvalue weighted by Crippen LogP contribution is -2.34. The lowest BCUT2D eigenvalue weighted by atomic mass is 9.88. The van der Waals surface area contributed by atoms with E-state index in [1.807, 2.05) is 12.1 Å². The molecule has 0 saturated carbocycles. The van der Waals surface area contributed by atoms with E-state index in [-0.39, 0.29) is 24.3 Å². The first-order valence-electron chi connectivity index (χ1n) is 8.91. The van der Waals surface area contributed by atoms with Crippen LogP contribution in [-0.4, -0.2) is 18.3 Å². The molecular weight excluding hydrogens is 394 g/mol. The van der Waals surface area contributed by atoms with Crippen molar-refractivity contribution in [3.63, 3.8) is 0 Å². The predicted octanol–water partition coefficient (Wildman–Crippen LogP) is 4.61. The van der Waals surface area contributed by atoms with E-state index in [9.17, 15) is 9.59 Å². The van der Waals surface area contributed by atoms with Crippen LogP contribution in [0.15, 0.2) is 46.9 Å². The molecule has 3 rings (SSSR count). The highest BCUT2D eigenvalue weighted by atomic mass is 79.9. The number of rotatable bonds is 6. The fourth-order valence-electron chi connectivity index (χ4n) is 3.32. The maximum Gasteiger partial charge on any atom is 0.258 e. The smallest absolute Gasteiger partial charge is 0.258 e. The molecule has 0 aliphatic heterocycles. The van der Waals surface area contributed by atoms with E-state index in [1.54, 1.807) is 25.1 Å². The summed E-state index contributed by atoms with van der Waals surface area (Å²) < 4.78 is 6.46. The number of aryl methyl sites for hydroxylation is 1. The summed E-state index contributed by atoms with van der Waals surface area (Å²) in [4.78, 5) is 24.5. The van der Waals surface area contributed by atoms with Crippen LogP contribution in [0.2, 0.25) is 0 Å². The van der Waals surface area contributed by atoms with Crippen molar-refractivity contribution in [1.29, 1.82) is 0 Å². The molecule has 1 N–H and O–H groups in total. The standard InChI is InChI=1S/C21H22BrNO3/c1-2-19(24)17-12-15(22)10-11-20(17)26-13-21(25)23-18-9-5-7-14-6-3-4-8-16(14)18/h3-4,6,8,10-12,18H,2,5,7,9,13H2,1H3,(H,23,25). The molecule has 0 heterocycles. The van der Waals surface area contributed by atoms with E-state index in [0.717, 1.165) is 23.7 Å². The second-order valence-corrected chi connectivity index (χ2v) is 7.33. The molecule has 1 aliphatic rings. The van der Waals surface area contributed by atoms with Gasteiger partial charge in [-0.1, -0.05) is 47.1 Å². The van der Waals surface area contributed by atoms with Crippen molar-refractivity contribution in [3.05, 3.63) is 63.6 Å². The van der Waals surface area contributed by atoms with E-state index in [0.29, 0.717) is 17.7 Å². The minimum Gasteiger partial charge on any atom is -0.483 e. The summed E-state index contributed by atoms with van der Waals surface area (Å²) in [5.74, 6) is 0.256. The summed E-state index contributed by atoms with van der Waals surface area (Å²) in [5.41, 5.74) is 2.99. The van der Waals surface area contributed by atoms with Crippen LogP contribution < -0.4 is 10.1 Å². The Labute approximate surface area is 162 Å². The summed E-state index contributed by atoms with van der Waals surface area (Å²) in [6, 6.07) is 13.5. The van der Waals surface area contributed by atoms with E-state index in [2.05, 4.69) is 33.4 Å². The highest BCUT2D eigenvalue weighted by molar-refractivity contribution is 9.10. The van der Waals surface area contributed by atoms with Crippen LogP contribution >= 0.6 is 15.9 Å². The van der Waals surface area contributed by atoms with Crippen LogP contribution in [-0.2, 0) is 11.2 Å². The fraction of sp³-hybridized carbons (Fsp3) is 0.333. The number of nitrogens with one attached hydrogen (secondary N) is 1. The third-order valence-corrected chi connectivity index (χ3v) is 5.12. The lowest BCUT2D eigenvalue weighted by Gasteiger charge is -2.26. The number of ketones is 1. The molecule has 1 aliphatic carbocycles. The highest BCUT2D eigenvalue weighted by Crippen LogP contribution is 2.29. The summed E-state index contributed by atoms with van der Waals surface area (Å²) >= 11 is 3.37. The summed E-state index contributed by atoms with van der Waals surface area (Å²) in [7, 11) is 0. The molecular formula is C21H22BrNO3. The molecule has 1 amide bonds. The number of amides is 1. The van der Waals surface area contributed by atoms with Crippen LogP contribution in [0.5, 0.6) is 5.75 Å². The predicted molar refractivity (Wildman–Crippen MR) is 105 cm³/mol. The van der Waals surface area contributed by atoms with Crippen molar-refractivity contribution in [2.24, 2.45) is 0 Å². The molecule has 5 heteroatoms. The van der Waals surface area contributed by atoms with Crippen molar-refractivity contribution in [1.82, 2.24) is 5.32 Å². The second-order valence-electron chi connectivity index (χ2n) is 6.42. The number of ether oxygens (including phenoxy) is 1. The lowest BCUT2D eigenvalue weighted by molar-refractivity contribution is -0.124. The van der Waals surface area contributed by atoms with E-state index < -0.39 is 0 Å². The number of Topliss-reactive ketones (excluding diaryl/α,β-unsaturated/α-hetero) is 1. The Morgan fingerprint density at radius 3 is 2.85 bits per heavy atom. The number of hydrogen-bond donors (Lipinski definition) is 1. The Morgan fingerprint density at radius 2 is 2.04 bits per heavy atom. The van der Waals surface area contributed by atoms with E-state index in [4.69, 9.17) is 4.74 Å². The van der Waals surface area contributed by atoms with Gasteiger partial charge < -0.3 is 10.1 Å². The van der Waals surface area contributed by atoms with Gasteiger partial charge in [0.1, 0.15) is 5.75 Å². The Kier molecular flexibility index (Phi) is 6.09. The zero-order chi connectivity index (χ0) is 18.5. The van der Waals surface area contributed by atoms with Gasteiger partial charge in [-0.3, -0.25) is 9.59 Å². The number of carbonyl (C=O) groups is 2. The van der Waals surface area contributed by atoms with Crippen LogP contribution in [0.1, 0.15) is 53.7 Å². The summed E-state index contributed by atoms with van der Waals surface area (Å²) in [6.07, 6.45) is 3.43. The van der Waals surface area contributed by atoms with Gasteiger partial charge in [0.25, 0.3) is 5.91 Å². The number of carbonyl (C=O) groups excluding carboxylic acids is 2. The number of halogens is 1. The van der Waals surface area contributed by atoms with Crippen molar-refractivity contribution in [3.8, 4) is 5.75 Å². The first kappa shape index (κ1) is 18.6. The SMILES string of the molecule is CCC(=O)c1cc(Br)ccc1OCC(=O)NC1CCCc2ccccc21. The van der Waals surface area contributed by atoms with Crippen LogP contribution in [0.4, 0.5) is 0 Å². The molecule has 0 fully saturated rings. The first-order chi connectivity index (χ1) is 12.6. The quantitative estimate of drug-likeness (QED) is 0.700. The molecule has 2 aromatic rings. The molecule has 2 aromatic carbocycles. The zero-order valence-electron chi connectivity index (χ0n) is 14.8. The Morgan fingerprint density at radius 1 is 1.23 bits per heavy atom. The van der Waals surface area contributed by atoms with Gasteiger partial charge in [0.05, 0.1) is 11.6 Å². The van der Waals surface area contributed by atoms with Gasteiger partial charge in [0.15, 0.2) is 12.4 Å².